The molecule has 2 aromatic heterocycles. The highest BCUT2D eigenvalue weighted by molar-refractivity contribution is 5.85. The summed E-state index contributed by atoms with van der Waals surface area (Å²) in [6.07, 6.45) is -2.83. The second kappa shape index (κ2) is 6.12. The number of hydrogen-bond acceptors (Lipinski definition) is 3. The van der Waals surface area contributed by atoms with Crippen LogP contribution in [0.15, 0.2) is 28.9 Å². The van der Waals surface area contributed by atoms with Gasteiger partial charge in [0, 0.05) is 13.6 Å². The van der Waals surface area contributed by atoms with Crippen LogP contribution in [0.25, 0.3) is 0 Å². The van der Waals surface area contributed by atoms with Gasteiger partial charge in [-0.05, 0) is 18.2 Å². The van der Waals surface area contributed by atoms with Gasteiger partial charge in [0.1, 0.15) is 11.5 Å². The van der Waals surface area contributed by atoms with E-state index in [4.69, 9.17) is 4.42 Å². The molecule has 2 rings (SSSR count). The van der Waals surface area contributed by atoms with Crippen molar-refractivity contribution in [3.05, 3.63) is 41.6 Å². The number of alkyl halides is 3. The maximum atomic E-state index is 12.5. The van der Waals surface area contributed by atoms with Crippen LogP contribution in [0.1, 0.15) is 17.1 Å². The zero-order chi connectivity index (χ0) is 13.2. The lowest BCUT2D eigenvalue weighted by Crippen LogP contribution is -2.12. The number of nitrogens with zero attached hydrogens (tertiary/aromatic N) is 2. The highest BCUT2D eigenvalue weighted by atomic mass is 35.5. The van der Waals surface area contributed by atoms with Crippen LogP contribution in [0.3, 0.4) is 0 Å². The summed E-state index contributed by atoms with van der Waals surface area (Å²) in [6.45, 7) is 0.704. The molecule has 0 saturated heterocycles. The van der Waals surface area contributed by atoms with Crippen molar-refractivity contribution in [2.45, 2.75) is 19.3 Å². The molecular weight excluding hydrogens is 283 g/mol. The molecule has 2 aromatic rings. The fraction of sp³-hybridized carbons (Fsp3) is 0.364. The summed E-state index contributed by atoms with van der Waals surface area (Å²) in [4.78, 5) is 0. The first kappa shape index (κ1) is 15.6. The van der Waals surface area contributed by atoms with Crippen LogP contribution in [-0.2, 0) is 26.3 Å². The summed E-state index contributed by atoms with van der Waals surface area (Å²) >= 11 is 0. The third-order valence-corrected chi connectivity index (χ3v) is 2.41. The molecule has 0 bridgehead atoms. The second-order valence-corrected chi connectivity index (χ2v) is 3.83. The van der Waals surface area contributed by atoms with E-state index in [1.54, 1.807) is 18.4 Å². The zero-order valence-corrected chi connectivity index (χ0v) is 10.9. The smallest absolute Gasteiger partial charge is 0.433 e. The minimum Gasteiger partial charge on any atom is -0.468 e. The van der Waals surface area contributed by atoms with E-state index in [1.807, 2.05) is 0 Å². The van der Waals surface area contributed by atoms with E-state index in [9.17, 15) is 13.2 Å². The normalized spacial score (nSPS) is 11.4. The molecule has 4 nitrogen and oxygen atoms in total. The fourth-order valence-electron chi connectivity index (χ4n) is 1.61. The standard InChI is InChI=1S/C11H12F3N3O.ClH/c1-17-10(11(12,13)14)5-8(16-17)6-15-7-9-3-2-4-18-9;/h2-5,15H,6-7H2,1H3;1H. The number of hydrogen-bond donors (Lipinski definition) is 1. The molecule has 0 saturated carbocycles. The Morgan fingerprint density at radius 2 is 2.11 bits per heavy atom. The number of aryl methyl sites for hydroxylation is 1. The molecule has 0 radical (unpaired) electrons. The molecule has 0 aliphatic rings. The van der Waals surface area contributed by atoms with E-state index in [2.05, 4.69) is 10.4 Å². The summed E-state index contributed by atoms with van der Waals surface area (Å²) in [5.41, 5.74) is -0.409. The number of nitrogens with one attached hydrogen (secondary N) is 1. The van der Waals surface area contributed by atoms with Crippen molar-refractivity contribution < 1.29 is 17.6 Å². The third-order valence-electron chi connectivity index (χ3n) is 2.41. The highest BCUT2D eigenvalue weighted by Crippen LogP contribution is 2.29. The molecule has 0 atom stereocenters. The van der Waals surface area contributed by atoms with E-state index in [0.717, 1.165) is 16.5 Å². The summed E-state index contributed by atoms with van der Waals surface area (Å²) in [6, 6.07) is 4.57. The van der Waals surface area contributed by atoms with Crippen molar-refractivity contribution >= 4 is 12.4 Å². The van der Waals surface area contributed by atoms with Crippen molar-refractivity contribution in [3.63, 3.8) is 0 Å². The Labute approximate surface area is 114 Å². The monoisotopic (exact) mass is 295 g/mol. The van der Waals surface area contributed by atoms with Gasteiger partial charge in [0.25, 0.3) is 0 Å². The van der Waals surface area contributed by atoms with E-state index in [-0.39, 0.29) is 19.0 Å². The Balaban J connectivity index is 0.00000180. The molecule has 0 fully saturated rings. The van der Waals surface area contributed by atoms with Crippen LogP contribution < -0.4 is 5.32 Å². The first-order chi connectivity index (χ1) is 8.47. The van der Waals surface area contributed by atoms with Crippen LogP contribution in [0.4, 0.5) is 13.2 Å². The summed E-state index contributed by atoms with van der Waals surface area (Å²) in [5.74, 6) is 0.724. The Morgan fingerprint density at radius 3 is 2.63 bits per heavy atom. The predicted molar refractivity (Wildman–Crippen MR) is 64.7 cm³/mol. The van der Waals surface area contributed by atoms with Crippen LogP contribution in [0.5, 0.6) is 0 Å². The van der Waals surface area contributed by atoms with Gasteiger partial charge in [-0.1, -0.05) is 0 Å². The van der Waals surface area contributed by atoms with Crippen molar-refractivity contribution in [2.24, 2.45) is 7.05 Å². The van der Waals surface area contributed by atoms with Gasteiger partial charge < -0.3 is 9.73 Å². The van der Waals surface area contributed by atoms with Crippen LogP contribution in [0, 0.1) is 0 Å². The minimum absolute atomic E-state index is 0. The van der Waals surface area contributed by atoms with Gasteiger partial charge in [0.2, 0.25) is 0 Å². The van der Waals surface area contributed by atoms with Gasteiger partial charge in [0.05, 0.1) is 18.5 Å². The first-order valence-corrected chi connectivity index (χ1v) is 5.30. The molecule has 2 heterocycles. The van der Waals surface area contributed by atoms with E-state index >= 15 is 0 Å². The highest BCUT2D eigenvalue weighted by Gasteiger charge is 2.34. The molecule has 1 N–H and O–H groups in total. The van der Waals surface area contributed by atoms with Gasteiger partial charge in [-0.2, -0.15) is 18.3 Å². The van der Waals surface area contributed by atoms with Gasteiger partial charge in [-0.25, -0.2) is 0 Å². The van der Waals surface area contributed by atoms with E-state index < -0.39 is 11.9 Å². The largest absolute Gasteiger partial charge is 0.468 e. The Kier molecular flexibility index (Phi) is 5.02. The maximum absolute atomic E-state index is 12.5. The third kappa shape index (κ3) is 4.00. The Morgan fingerprint density at radius 1 is 1.37 bits per heavy atom. The average Bonchev–Trinajstić information content (AvgIpc) is 2.87. The van der Waals surface area contributed by atoms with Crippen molar-refractivity contribution in [1.82, 2.24) is 15.1 Å². The molecule has 0 amide bonds. The molecule has 8 heteroatoms. The van der Waals surface area contributed by atoms with Crippen molar-refractivity contribution in [2.75, 3.05) is 0 Å². The van der Waals surface area contributed by atoms with Crippen molar-refractivity contribution in [1.29, 1.82) is 0 Å². The number of aromatic nitrogens is 2. The fourth-order valence-corrected chi connectivity index (χ4v) is 1.61. The van der Waals surface area contributed by atoms with Crippen LogP contribution in [0.2, 0.25) is 0 Å². The number of rotatable bonds is 4. The molecule has 0 aliphatic carbocycles. The Hall–Kier alpha value is -1.47. The average molecular weight is 296 g/mol. The van der Waals surface area contributed by atoms with E-state index in [0.29, 0.717) is 12.2 Å². The van der Waals surface area contributed by atoms with Gasteiger partial charge >= 0.3 is 6.18 Å². The quantitative estimate of drug-likeness (QED) is 0.943. The Bertz CT molecular complexity index is 508. The van der Waals surface area contributed by atoms with E-state index in [1.165, 1.54) is 7.05 Å². The summed E-state index contributed by atoms with van der Waals surface area (Å²) in [7, 11) is 1.28. The maximum Gasteiger partial charge on any atom is 0.433 e. The predicted octanol–water partition coefficient (Wildman–Crippen LogP) is 2.74. The zero-order valence-electron chi connectivity index (χ0n) is 10.1. The SMILES string of the molecule is Cl.Cn1nc(CNCc2ccco2)cc1C(F)(F)F. The van der Waals surface area contributed by atoms with Gasteiger partial charge in [0.15, 0.2) is 0 Å². The molecule has 0 spiro atoms. The molecule has 19 heavy (non-hydrogen) atoms. The molecule has 106 valence electrons. The second-order valence-electron chi connectivity index (χ2n) is 3.83. The summed E-state index contributed by atoms with van der Waals surface area (Å²) < 4.78 is 43.5. The lowest BCUT2D eigenvalue weighted by Gasteiger charge is -2.04. The van der Waals surface area contributed by atoms with Crippen LogP contribution >= 0.6 is 12.4 Å². The molecule has 0 unspecified atom stereocenters. The van der Waals surface area contributed by atoms with Crippen molar-refractivity contribution in [3.8, 4) is 0 Å². The van der Waals surface area contributed by atoms with Crippen LogP contribution in [-0.4, -0.2) is 9.78 Å². The van der Waals surface area contributed by atoms with Gasteiger partial charge in [-0.15, -0.1) is 12.4 Å². The number of halogens is 4. The van der Waals surface area contributed by atoms with Gasteiger partial charge in [-0.3, -0.25) is 4.68 Å². The molecule has 0 aliphatic heterocycles. The molecular formula is C11H13ClF3N3O. The molecule has 0 aromatic carbocycles. The first-order valence-electron chi connectivity index (χ1n) is 5.30. The number of furan rings is 1. The minimum atomic E-state index is -4.37. The lowest BCUT2D eigenvalue weighted by atomic mass is 10.3. The lowest BCUT2D eigenvalue weighted by molar-refractivity contribution is -0.143. The topological polar surface area (TPSA) is 43.0 Å². The summed E-state index contributed by atoms with van der Waals surface area (Å²) in [5, 5.41) is 6.76.